The number of rotatable bonds is 8. The Morgan fingerprint density at radius 3 is 2.40 bits per heavy atom. The number of benzene rings is 2. The van der Waals surface area contributed by atoms with Gasteiger partial charge in [0.2, 0.25) is 5.91 Å². The molecule has 1 aromatic heterocycles. The zero-order valence-electron chi connectivity index (χ0n) is 16.1. The molecule has 154 valence electrons. The summed E-state index contributed by atoms with van der Waals surface area (Å²) in [6.07, 6.45) is 0. The Labute approximate surface area is 176 Å². The average Bonchev–Trinajstić information content (AvgIpc) is 3.20. The van der Waals surface area contributed by atoms with E-state index in [1.165, 1.54) is 35.3 Å². The summed E-state index contributed by atoms with van der Waals surface area (Å²) in [5.41, 5.74) is 6.59. The van der Waals surface area contributed by atoms with Crippen molar-refractivity contribution in [2.24, 2.45) is 5.73 Å². The van der Waals surface area contributed by atoms with Gasteiger partial charge in [-0.2, -0.15) is 0 Å². The van der Waals surface area contributed by atoms with E-state index in [1.807, 2.05) is 30.3 Å². The van der Waals surface area contributed by atoms with E-state index in [4.69, 9.17) is 15.2 Å². The molecule has 3 rings (SSSR count). The first-order valence-corrected chi connectivity index (χ1v) is 9.80. The smallest absolute Gasteiger partial charge is 0.338 e. The Kier molecular flexibility index (Phi) is 6.76. The minimum absolute atomic E-state index is 0.0319. The molecule has 2 aromatic carbocycles. The van der Waals surface area contributed by atoms with Crippen LogP contribution in [0.5, 0.6) is 5.75 Å². The highest BCUT2D eigenvalue weighted by Gasteiger charge is 2.18. The van der Waals surface area contributed by atoms with Gasteiger partial charge in [0.05, 0.1) is 16.9 Å². The van der Waals surface area contributed by atoms with Crippen molar-refractivity contribution in [3.63, 3.8) is 0 Å². The highest BCUT2D eigenvalue weighted by Crippen LogP contribution is 2.29. The van der Waals surface area contributed by atoms with E-state index in [1.54, 1.807) is 17.5 Å². The zero-order chi connectivity index (χ0) is 21.5. The Bertz CT molecular complexity index is 1030. The van der Waals surface area contributed by atoms with Crippen molar-refractivity contribution in [2.75, 3.05) is 11.5 Å². The van der Waals surface area contributed by atoms with Crippen molar-refractivity contribution in [2.45, 2.75) is 13.5 Å². The molecule has 0 saturated heterocycles. The minimum atomic E-state index is -0.586. The van der Waals surface area contributed by atoms with Gasteiger partial charge in [-0.05, 0) is 36.4 Å². The van der Waals surface area contributed by atoms with Crippen molar-refractivity contribution in [3.8, 4) is 5.75 Å². The van der Waals surface area contributed by atoms with E-state index in [0.717, 1.165) is 0 Å². The first-order valence-electron chi connectivity index (χ1n) is 8.92. The number of nitrogens with two attached hydrogens (primary N) is 1. The van der Waals surface area contributed by atoms with Gasteiger partial charge in [-0.1, -0.05) is 18.2 Å². The summed E-state index contributed by atoms with van der Waals surface area (Å²) in [7, 11) is 0. The van der Waals surface area contributed by atoms with Crippen LogP contribution in [0.2, 0.25) is 0 Å². The van der Waals surface area contributed by atoms with Crippen molar-refractivity contribution in [3.05, 3.63) is 71.2 Å². The lowest BCUT2D eigenvalue weighted by molar-refractivity contribution is -0.120. The van der Waals surface area contributed by atoms with Crippen LogP contribution in [0.25, 0.3) is 0 Å². The van der Waals surface area contributed by atoms with Crippen LogP contribution in [0, 0.1) is 0 Å². The predicted octanol–water partition coefficient (Wildman–Crippen LogP) is 3.05. The summed E-state index contributed by atoms with van der Waals surface area (Å²) < 4.78 is 10.4. The average molecular weight is 425 g/mol. The molecule has 0 aliphatic rings. The van der Waals surface area contributed by atoms with Crippen molar-refractivity contribution in [1.82, 2.24) is 4.98 Å². The molecule has 0 unspecified atom stereocenters. The molecule has 0 aliphatic carbocycles. The first-order chi connectivity index (χ1) is 14.4. The predicted molar refractivity (Wildman–Crippen MR) is 112 cm³/mol. The summed E-state index contributed by atoms with van der Waals surface area (Å²) in [4.78, 5) is 41.0. The number of anilines is 2. The van der Waals surface area contributed by atoms with Crippen LogP contribution in [-0.2, 0) is 20.9 Å². The molecule has 0 bridgehead atoms. The molecule has 3 aromatic rings. The molecular formula is C21H19N3O5S. The lowest BCUT2D eigenvalue weighted by atomic mass is 10.2. The molecular weight excluding hydrogens is 406 g/mol. The highest BCUT2D eigenvalue weighted by molar-refractivity contribution is 7.14. The van der Waals surface area contributed by atoms with Crippen LogP contribution in [0.3, 0.4) is 0 Å². The van der Waals surface area contributed by atoms with Crippen LogP contribution in [0.1, 0.15) is 23.0 Å². The molecule has 1 heterocycles. The zero-order valence-corrected chi connectivity index (χ0v) is 16.9. The summed E-state index contributed by atoms with van der Waals surface area (Å²) in [6, 6.07) is 15.3. The van der Waals surface area contributed by atoms with E-state index >= 15 is 0 Å². The third kappa shape index (κ3) is 5.42. The lowest BCUT2D eigenvalue weighted by Gasteiger charge is -2.17. The van der Waals surface area contributed by atoms with Gasteiger partial charge in [0.15, 0.2) is 11.7 Å². The van der Waals surface area contributed by atoms with E-state index in [9.17, 15) is 14.4 Å². The molecule has 9 heteroatoms. The fraction of sp³-hybridized carbons (Fsp3) is 0.143. The van der Waals surface area contributed by atoms with Gasteiger partial charge in [0, 0.05) is 12.3 Å². The first kappa shape index (κ1) is 21.0. The van der Waals surface area contributed by atoms with E-state index in [2.05, 4.69) is 4.98 Å². The molecule has 30 heavy (non-hydrogen) atoms. The number of carbonyl (C=O) groups excluding carboxylic acids is 3. The Morgan fingerprint density at radius 1 is 1.07 bits per heavy atom. The second-order valence-corrected chi connectivity index (χ2v) is 7.00. The van der Waals surface area contributed by atoms with Gasteiger partial charge in [0.25, 0.3) is 5.91 Å². The quantitative estimate of drug-likeness (QED) is 0.555. The molecule has 0 saturated carbocycles. The van der Waals surface area contributed by atoms with Gasteiger partial charge in [0.1, 0.15) is 12.4 Å². The van der Waals surface area contributed by atoms with E-state index < -0.39 is 11.9 Å². The molecule has 0 radical (unpaired) electrons. The van der Waals surface area contributed by atoms with Crippen molar-refractivity contribution < 1.29 is 23.9 Å². The fourth-order valence-electron chi connectivity index (χ4n) is 2.53. The summed E-state index contributed by atoms with van der Waals surface area (Å²) in [5, 5.41) is 2.23. The Balaban J connectivity index is 1.61. The summed E-state index contributed by atoms with van der Waals surface area (Å²) >= 11 is 1.29. The molecule has 0 fully saturated rings. The molecule has 2 amide bonds. The van der Waals surface area contributed by atoms with Crippen LogP contribution in [0.4, 0.5) is 10.8 Å². The number of carbonyl (C=O) groups is 3. The number of amides is 2. The molecule has 2 N–H and O–H groups in total. The lowest BCUT2D eigenvalue weighted by Crippen LogP contribution is -2.22. The summed E-state index contributed by atoms with van der Waals surface area (Å²) in [5.74, 6) is -0.869. The number of esters is 1. The number of aromatic nitrogens is 1. The fourth-order valence-corrected chi connectivity index (χ4v) is 3.41. The normalized spacial score (nSPS) is 10.3. The van der Waals surface area contributed by atoms with Crippen LogP contribution in [-0.4, -0.2) is 29.4 Å². The van der Waals surface area contributed by atoms with E-state index in [-0.39, 0.29) is 19.1 Å². The monoisotopic (exact) mass is 425 g/mol. The topological polar surface area (TPSA) is 112 Å². The number of ether oxygens (including phenoxy) is 2. The third-order valence-electron chi connectivity index (χ3n) is 3.88. The Hall–Kier alpha value is -3.72. The number of thiazole rings is 1. The molecule has 0 spiro atoms. The maximum atomic E-state index is 12.2. The van der Waals surface area contributed by atoms with Crippen LogP contribution >= 0.6 is 11.3 Å². The molecule has 8 nitrogen and oxygen atoms in total. The largest absolute Gasteiger partial charge is 0.484 e. The van der Waals surface area contributed by atoms with Gasteiger partial charge in [-0.3, -0.25) is 14.5 Å². The number of hydrogen-bond acceptors (Lipinski definition) is 7. The second kappa shape index (κ2) is 9.66. The van der Waals surface area contributed by atoms with Crippen molar-refractivity contribution >= 4 is 39.9 Å². The SMILES string of the molecule is CC(=O)N(c1ccccc1)c1nc(COC(=O)c2ccc(OCC(N)=O)cc2)cs1. The number of nitrogens with zero attached hydrogens (tertiary/aromatic N) is 2. The van der Waals surface area contributed by atoms with Crippen molar-refractivity contribution in [1.29, 1.82) is 0 Å². The number of hydrogen-bond donors (Lipinski definition) is 1. The van der Waals surface area contributed by atoms with Gasteiger partial charge in [-0.15, -0.1) is 11.3 Å². The number of primary amides is 1. The molecule has 0 atom stereocenters. The maximum absolute atomic E-state index is 12.2. The van der Waals surface area contributed by atoms with Gasteiger partial charge < -0.3 is 15.2 Å². The standard InChI is InChI=1S/C21H19N3O5S/c1-14(25)24(17-5-3-2-4-6-17)21-23-16(13-30-21)11-29-20(27)15-7-9-18(10-8-15)28-12-19(22)26/h2-10,13H,11-12H2,1H3,(H2,22,26). The number of para-hydroxylation sites is 1. The third-order valence-corrected chi connectivity index (χ3v) is 4.76. The minimum Gasteiger partial charge on any atom is -0.484 e. The maximum Gasteiger partial charge on any atom is 0.338 e. The van der Waals surface area contributed by atoms with Gasteiger partial charge >= 0.3 is 5.97 Å². The highest BCUT2D eigenvalue weighted by atomic mass is 32.1. The van der Waals surface area contributed by atoms with E-state index in [0.29, 0.717) is 27.8 Å². The molecule has 0 aliphatic heterocycles. The van der Waals surface area contributed by atoms with Crippen LogP contribution < -0.4 is 15.4 Å². The summed E-state index contributed by atoms with van der Waals surface area (Å²) in [6.45, 7) is 1.19. The van der Waals surface area contributed by atoms with Crippen LogP contribution in [0.15, 0.2) is 60.0 Å². The van der Waals surface area contributed by atoms with Gasteiger partial charge in [-0.25, -0.2) is 9.78 Å². The second-order valence-electron chi connectivity index (χ2n) is 6.17. The Morgan fingerprint density at radius 2 is 1.77 bits per heavy atom.